The summed E-state index contributed by atoms with van der Waals surface area (Å²) in [6, 6.07) is 2.13. The van der Waals surface area contributed by atoms with Gasteiger partial charge in [0.25, 0.3) is 0 Å². The van der Waals surface area contributed by atoms with Gasteiger partial charge < -0.3 is 0 Å². The fourth-order valence-corrected chi connectivity index (χ4v) is 5.03. The normalized spacial score (nSPS) is 20.4. The molecule has 0 spiro atoms. The Morgan fingerprint density at radius 1 is 1.43 bits per heavy atom. The van der Waals surface area contributed by atoms with E-state index in [1.165, 1.54) is 6.20 Å². The lowest BCUT2D eigenvalue weighted by Gasteiger charge is -2.22. The minimum Gasteiger partial charge on any atom is -0.269 e. The van der Waals surface area contributed by atoms with Crippen LogP contribution in [0.4, 0.5) is 0 Å². The molecule has 0 amide bonds. The van der Waals surface area contributed by atoms with Crippen LogP contribution in [0, 0.1) is 0 Å². The Labute approximate surface area is 129 Å². The van der Waals surface area contributed by atoms with E-state index in [4.69, 9.17) is 0 Å². The molecule has 0 aromatic carbocycles. The minimum atomic E-state index is -3.47. The summed E-state index contributed by atoms with van der Waals surface area (Å²) in [4.78, 5) is 0.290. The molecule has 0 unspecified atom stereocenters. The molecule has 1 aliphatic heterocycles. The second kappa shape index (κ2) is 5.55. The maximum absolute atomic E-state index is 12.9. The van der Waals surface area contributed by atoms with Crippen molar-refractivity contribution < 1.29 is 8.42 Å². The SMILES string of the molecule is CC(C)n1cc(S(=O)(=O)N2CCC[C@@H]2c2ccsc2)cn1. The lowest BCUT2D eigenvalue weighted by Crippen LogP contribution is -2.30. The first-order valence-electron chi connectivity index (χ1n) is 7.08. The zero-order chi connectivity index (χ0) is 15.0. The Hall–Kier alpha value is -1.18. The van der Waals surface area contributed by atoms with E-state index in [2.05, 4.69) is 5.10 Å². The van der Waals surface area contributed by atoms with Crippen molar-refractivity contribution in [3.8, 4) is 0 Å². The first-order valence-corrected chi connectivity index (χ1v) is 9.46. The van der Waals surface area contributed by atoms with Crippen molar-refractivity contribution in [2.45, 2.75) is 43.7 Å². The van der Waals surface area contributed by atoms with Gasteiger partial charge in [-0.15, -0.1) is 0 Å². The van der Waals surface area contributed by atoms with Crippen LogP contribution < -0.4 is 0 Å². The highest BCUT2D eigenvalue weighted by atomic mass is 32.2. The number of sulfonamides is 1. The summed E-state index contributed by atoms with van der Waals surface area (Å²) in [6.45, 7) is 4.54. The lowest BCUT2D eigenvalue weighted by molar-refractivity contribution is 0.397. The highest BCUT2D eigenvalue weighted by molar-refractivity contribution is 7.89. The van der Waals surface area contributed by atoms with Crippen molar-refractivity contribution >= 4 is 21.4 Å². The van der Waals surface area contributed by atoms with E-state index in [0.29, 0.717) is 11.4 Å². The summed E-state index contributed by atoms with van der Waals surface area (Å²) < 4.78 is 29.0. The third-order valence-corrected chi connectivity index (χ3v) is 6.41. The van der Waals surface area contributed by atoms with E-state index in [1.54, 1.807) is 26.5 Å². The molecule has 0 bridgehead atoms. The molecule has 0 aliphatic carbocycles. The fraction of sp³-hybridized carbons (Fsp3) is 0.500. The Balaban J connectivity index is 1.93. The van der Waals surface area contributed by atoms with Crippen LogP contribution in [0.1, 0.15) is 44.3 Å². The van der Waals surface area contributed by atoms with E-state index in [9.17, 15) is 8.42 Å². The maximum Gasteiger partial charge on any atom is 0.246 e. The van der Waals surface area contributed by atoms with Gasteiger partial charge in [0.15, 0.2) is 0 Å². The van der Waals surface area contributed by atoms with Gasteiger partial charge in [-0.25, -0.2) is 8.42 Å². The Kier molecular flexibility index (Phi) is 3.90. The van der Waals surface area contributed by atoms with Crippen LogP contribution in [0.2, 0.25) is 0 Å². The smallest absolute Gasteiger partial charge is 0.246 e. The Morgan fingerprint density at radius 2 is 2.24 bits per heavy atom. The first kappa shape index (κ1) is 14.7. The monoisotopic (exact) mass is 325 g/mol. The molecule has 1 fully saturated rings. The van der Waals surface area contributed by atoms with Gasteiger partial charge in [0, 0.05) is 18.8 Å². The topological polar surface area (TPSA) is 55.2 Å². The molecule has 2 aromatic rings. The minimum absolute atomic E-state index is 0.0383. The summed E-state index contributed by atoms with van der Waals surface area (Å²) >= 11 is 1.60. The van der Waals surface area contributed by atoms with Gasteiger partial charge in [0.1, 0.15) is 4.90 Å². The maximum atomic E-state index is 12.9. The van der Waals surface area contributed by atoms with Crippen molar-refractivity contribution in [1.82, 2.24) is 14.1 Å². The zero-order valence-electron chi connectivity index (χ0n) is 12.1. The van der Waals surface area contributed by atoms with E-state index in [-0.39, 0.29) is 12.1 Å². The Bertz CT molecular complexity index is 704. The van der Waals surface area contributed by atoms with Gasteiger partial charge in [0.05, 0.1) is 12.2 Å². The van der Waals surface area contributed by atoms with Gasteiger partial charge in [-0.1, -0.05) is 0 Å². The number of hydrogen-bond donors (Lipinski definition) is 0. The molecule has 3 heterocycles. The summed E-state index contributed by atoms with van der Waals surface area (Å²) in [5, 5.41) is 8.19. The molecule has 3 rings (SSSR count). The number of thiophene rings is 1. The van der Waals surface area contributed by atoms with Crippen LogP contribution in [0.15, 0.2) is 34.1 Å². The predicted molar refractivity (Wildman–Crippen MR) is 82.8 cm³/mol. The van der Waals surface area contributed by atoms with Gasteiger partial charge in [-0.05, 0) is 49.1 Å². The molecule has 1 saturated heterocycles. The highest BCUT2D eigenvalue weighted by Crippen LogP contribution is 2.37. The van der Waals surface area contributed by atoms with Gasteiger partial charge in [0.2, 0.25) is 10.0 Å². The number of rotatable bonds is 4. The molecule has 1 atom stereocenters. The molecule has 7 heteroatoms. The molecule has 5 nitrogen and oxygen atoms in total. The third kappa shape index (κ3) is 2.65. The third-order valence-electron chi connectivity index (χ3n) is 3.85. The van der Waals surface area contributed by atoms with Gasteiger partial charge >= 0.3 is 0 Å². The van der Waals surface area contributed by atoms with Crippen LogP contribution >= 0.6 is 11.3 Å². The number of aromatic nitrogens is 2. The van der Waals surface area contributed by atoms with Crippen molar-refractivity contribution in [2.75, 3.05) is 6.54 Å². The van der Waals surface area contributed by atoms with Crippen molar-refractivity contribution in [3.63, 3.8) is 0 Å². The fourth-order valence-electron chi connectivity index (χ4n) is 2.70. The van der Waals surface area contributed by atoms with Gasteiger partial charge in [-0.3, -0.25) is 4.68 Å². The molecule has 2 aromatic heterocycles. The van der Waals surface area contributed by atoms with Crippen LogP contribution in [-0.4, -0.2) is 29.0 Å². The van der Waals surface area contributed by atoms with Gasteiger partial charge in [-0.2, -0.15) is 20.7 Å². The van der Waals surface area contributed by atoms with Crippen molar-refractivity contribution in [2.24, 2.45) is 0 Å². The second-order valence-electron chi connectivity index (χ2n) is 5.58. The summed E-state index contributed by atoms with van der Waals surface area (Å²) in [5.74, 6) is 0. The Morgan fingerprint density at radius 3 is 2.86 bits per heavy atom. The standard InChI is InChI=1S/C14H19N3O2S2/c1-11(2)16-9-13(8-15-16)21(18,19)17-6-3-4-14(17)12-5-7-20-10-12/h5,7-11,14H,3-4,6H2,1-2H3/t14-/m1/s1. The van der Waals surface area contributed by atoms with E-state index in [0.717, 1.165) is 18.4 Å². The largest absolute Gasteiger partial charge is 0.269 e. The molecule has 0 saturated carbocycles. The molecular weight excluding hydrogens is 306 g/mol. The summed E-state index contributed by atoms with van der Waals surface area (Å²) in [5.41, 5.74) is 1.09. The molecule has 21 heavy (non-hydrogen) atoms. The number of hydrogen-bond acceptors (Lipinski definition) is 4. The average Bonchev–Trinajstić information content (AvgIpc) is 3.19. The number of nitrogens with zero attached hydrogens (tertiary/aromatic N) is 3. The average molecular weight is 325 g/mol. The lowest BCUT2D eigenvalue weighted by atomic mass is 10.1. The molecular formula is C14H19N3O2S2. The van der Waals surface area contributed by atoms with Crippen molar-refractivity contribution in [3.05, 3.63) is 34.8 Å². The molecule has 0 radical (unpaired) electrons. The van der Waals surface area contributed by atoms with Crippen LogP contribution in [0.25, 0.3) is 0 Å². The quantitative estimate of drug-likeness (QED) is 0.868. The van der Waals surface area contributed by atoms with E-state index < -0.39 is 10.0 Å². The summed E-state index contributed by atoms with van der Waals surface area (Å²) in [7, 11) is -3.47. The van der Waals surface area contributed by atoms with Crippen LogP contribution in [0.5, 0.6) is 0 Å². The first-order chi connectivity index (χ1) is 10.00. The molecule has 114 valence electrons. The van der Waals surface area contributed by atoms with Crippen LogP contribution in [-0.2, 0) is 10.0 Å². The summed E-state index contributed by atoms with van der Waals surface area (Å²) in [6.07, 6.45) is 4.87. The predicted octanol–water partition coefficient (Wildman–Crippen LogP) is 3.05. The van der Waals surface area contributed by atoms with E-state index in [1.807, 2.05) is 30.7 Å². The van der Waals surface area contributed by atoms with Crippen molar-refractivity contribution in [1.29, 1.82) is 0 Å². The van der Waals surface area contributed by atoms with Crippen LogP contribution in [0.3, 0.4) is 0 Å². The molecule has 1 aliphatic rings. The molecule has 0 N–H and O–H groups in total. The highest BCUT2D eigenvalue weighted by Gasteiger charge is 2.37. The van der Waals surface area contributed by atoms with E-state index >= 15 is 0 Å². The zero-order valence-corrected chi connectivity index (χ0v) is 13.8. The second-order valence-corrected chi connectivity index (χ2v) is 8.25.